The maximum absolute atomic E-state index is 13.0. The summed E-state index contributed by atoms with van der Waals surface area (Å²) in [4.78, 5) is 60.7. The van der Waals surface area contributed by atoms with Crippen molar-refractivity contribution in [3.05, 3.63) is 47.5 Å². The van der Waals surface area contributed by atoms with Crippen LogP contribution in [-0.4, -0.2) is 47.3 Å². The van der Waals surface area contributed by atoms with E-state index >= 15 is 0 Å². The number of amides is 1. The van der Waals surface area contributed by atoms with Crippen LogP contribution in [0.4, 0.5) is 0 Å². The first-order valence-corrected chi connectivity index (χ1v) is 12.0. The summed E-state index contributed by atoms with van der Waals surface area (Å²) in [6.45, 7) is 6.27. The number of esters is 4. The number of likely N-dealkylation sites (tertiary alicyclic amines) is 1. The van der Waals surface area contributed by atoms with Gasteiger partial charge < -0.3 is 24.3 Å². The molecule has 1 aliphatic rings. The van der Waals surface area contributed by atoms with Crippen molar-refractivity contribution in [1.29, 1.82) is 0 Å². The zero-order valence-electron chi connectivity index (χ0n) is 21.7. The van der Waals surface area contributed by atoms with E-state index in [2.05, 4.69) is 5.32 Å². The van der Waals surface area contributed by atoms with Crippen molar-refractivity contribution in [3.63, 3.8) is 0 Å². The summed E-state index contributed by atoms with van der Waals surface area (Å²) < 4.78 is 20.5. The van der Waals surface area contributed by atoms with Crippen molar-refractivity contribution in [2.75, 3.05) is 6.54 Å². The van der Waals surface area contributed by atoms with E-state index in [-0.39, 0.29) is 41.5 Å². The monoisotopic (exact) mass is 526 g/mol. The zero-order chi connectivity index (χ0) is 27.8. The van der Waals surface area contributed by atoms with Gasteiger partial charge in [-0.1, -0.05) is 12.1 Å². The second kappa shape index (κ2) is 12.8. The van der Waals surface area contributed by atoms with Crippen molar-refractivity contribution in [1.82, 2.24) is 10.2 Å². The van der Waals surface area contributed by atoms with Gasteiger partial charge in [0, 0.05) is 40.8 Å². The maximum Gasteiger partial charge on any atom is 0.308 e. The first-order chi connectivity index (χ1) is 18.0. The second-order valence-corrected chi connectivity index (χ2v) is 8.78. The highest BCUT2D eigenvalue weighted by Gasteiger charge is 2.30. The lowest BCUT2D eigenvalue weighted by Gasteiger charge is -2.24. The molecule has 1 atom stereocenters. The van der Waals surface area contributed by atoms with E-state index in [1.54, 1.807) is 24.3 Å². The van der Waals surface area contributed by atoms with Crippen molar-refractivity contribution < 1.29 is 42.9 Å². The van der Waals surface area contributed by atoms with Crippen LogP contribution in [0, 0.1) is 0 Å². The highest BCUT2D eigenvalue weighted by Crippen LogP contribution is 2.31. The number of nitrogens with one attached hydrogen (secondary N) is 1. The van der Waals surface area contributed by atoms with E-state index in [1.165, 1.54) is 39.8 Å². The Kier molecular flexibility index (Phi) is 9.55. The van der Waals surface area contributed by atoms with Gasteiger partial charge in [0.2, 0.25) is 5.91 Å². The predicted molar refractivity (Wildman–Crippen MR) is 133 cm³/mol. The van der Waals surface area contributed by atoms with Crippen LogP contribution in [0.25, 0.3) is 0 Å². The van der Waals surface area contributed by atoms with Gasteiger partial charge in [-0.15, -0.1) is 0 Å². The lowest BCUT2D eigenvalue weighted by molar-refractivity contribution is -0.134. The van der Waals surface area contributed by atoms with Crippen LogP contribution >= 0.6 is 0 Å². The summed E-state index contributed by atoms with van der Waals surface area (Å²) in [5, 5.41) is 2.91. The molecule has 11 nitrogen and oxygen atoms in total. The Bertz CT molecular complexity index is 1240. The number of carbonyl (C=O) groups excluding carboxylic acids is 5. The molecule has 0 saturated carbocycles. The summed E-state index contributed by atoms with van der Waals surface area (Å²) >= 11 is 0. The van der Waals surface area contributed by atoms with Gasteiger partial charge in [0.05, 0.1) is 6.04 Å². The molecule has 1 aliphatic heterocycles. The topological polar surface area (TPSA) is 138 Å². The molecule has 1 amide bonds. The fraction of sp³-hybridized carbons (Fsp3) is 0.370. The summed E-state index contributed by atoms with van der Waals surface area (Å²) in [5.74, 6) is -1.92. The molecule has 1 saturated heterocycles. The quantitative estimate of drug-likeness (QED) is 0.383. The predicted octanol–water partition coefficient (Wildman–Crippen LogP) is 2.67. The van der Waals surface area contributed by atoms with E-state index in [4.69, 9.17) is 18.9 Å². The average Bonchev–Trinajstić information content (AvgIpc) is 3.27. The van der Waals surface area contributed by atoms with E-state index in [0.717, 1.165) is 12.0 Å². The van der Waals surface area contributed by atoms with E-state index in [9.17, 15) is 24.0 Å². The van der Waals surface area contributed by atoms with Crippen LogP contribution in [-0.2, 0) is 37.1 Å². The molecule has 0 bridgehead atoms. The standard InChI is InChI=1S/C27H30N2O9/c1-16(30)35-23-9-7-20(12-25(23)37-18(3)32)14-28-27(34)22-6-5-11-29(22)15-21-8-10-24(36-17(2)31)26(13-21)38-19(4)33/h7-10,12-13,22H,5-6,11,14-15H2,1-4H3,(H,28,34). The first kappa shape index (κ1) is 28.3. The minimum atomic E-state index is -0.570. The Labute approximate surface area is 220 Å². The highest BCUT2D eigenvalue weighted by atomic mass is 16.6. The summed E-state index contributed by atoms with van der Waals surface area (Å²) in [6.07, 6.45) is 1.49. The minimum absolute atomic E-state index is 0.0859. The number of benzene rings is 2. The molecule has 38 heavy (non-hydrogen) atoms. The van der Waals surface area contributed by atoms with Crippen LogP contribution in [0.5, 0.6) is 23.0 Å². The van der Waals surface area contributed by atoms with Crippen LogP contribution in [0.2, 0.25) is 0 Å². The summed E-state index contributed by atoms with van der Waals surface area (Å²) in [7, 11) is 0. The van der Waals surface area contributed by atoms with Crippen molar-refractivity contribution in [2.45, 2.75) is 59.7 Å². The van der Waals surface area contributed by atoms with Gasteiger partial charge in [0.25, 0.3) is 0 Å². The number of nitrogens with zero attached hydrogens (tertiary/aromatic N) is 1. The Balaban J connectivity index is 1.68. The van der Waals surface area contributed by atoms with E-state index in [1.807, 2.05) is 4.90 Å². The molecule has 2 aromatic carbocycles. The fourth-order valence-electron chi connectivity index (χ4n) is 4.11. The summed E-state index contributed by atoms with van der Waals surface area (Å²) in [6, 6.07) is 9.25. The molecule has 0 aliphatic carbocycles. The molecular formula is C27H30N2O9. The van der Waals surface area contributed by atoms with Crippen molar-refractivity contribution >= 4 is 29.8 Å². The van der Waals surface area contributed by atoms with E-state index < -0.39 is 23.9 Å². The van der Waals surface area contributed by atoms with Gasteiger partial charge in [-0.25, -0.2) is 0 Å². The van der Waals surface area contributed by atoms with Crippen LogP contribution in [0.15, 0.2) is 36.4 Å². The van der Waals surface area contributed by atoms with Crippen LogP contribution in [0.1, 0.15) is 51.7 Å². The molecule has 3 rings (SSSR count). The molecule has 0 spiro atoms. The first-order valence-electron chi connectivity index (χ1n) is 12.0. The SMILES string of the molecule is CC(=O)Oc1ccc(CNC(=O)C2CCCN2Cc2ccc(OC(C)=O)c(OC(C)=O)c2)cc1OC(C)=O. The Morgan fingerprint density at radius 2 is 1.21 bits per heavy atom. The lowest BCUT2D eigenvalue weighted by atomic mass is 10.1. The number of hydrogen-bond acceptors (Lipinski definition) is 10. The molecule has 1 unspecified atom stereocenters. The van der Waals surface area contributed by atoms with Gasteiger partial charge >= 0.3 is 23.9 Å². The van der Waals surface area contributed by atoms with E-state index in [0.29, 0.717) is 25.1 Å². The molecule has 202 valence electrons. The smallest absolute Gasteiger partial charge is 0.308 e. The zero-order valence-corrected chi connectivity index (χ0v) is 21.7. The van der Waals surface area contributed by atoms with Crippen molar-refractivity contribution in [3.8, 4) is 23.0 Å². The van der Waals surface area contributed by atoms with Gasteiger partial charge in [-0.2, -0.15) is 0 Å². The molecule has 11 heteroatoms. The average molecular weight is 527 g/mol. The fourth-order valence-corrected chi connectivity index (χ4v) is 4.11. The van der Waals surface area contributed by atoms with Gasteiger partial charge in [-0.05, 0) is 54.8 Å². The normalized spacial score (nSPS) is 14.9. The largest absolute Gasteiger partial charge is 0.423 e. The lowest BCUT2D eigenvalue weighted by Crippen LogP contribution is -2.42. The molecule has 1 N–H and O–H groups in total. The molecular weight excluding hydrogens is 496 g/mol. The third-order valence-electron chi connectivity index (χ3n) is 5.55. The number of hydrogen-bond donors (Lipinski definition) is 1. The third-order valence-corrected chi connectivity index (χ3v) is 5.55. The van der Waals surface area contributed by atoms with Gasteiger partial charge in [-0.3, -0.25) is 28.9 Å². The number of ether oxygens (including phenoxy) is 4. The minimum Gasteiger partial charge on any atom is -0.423 e. The molecule has 0 aromatic heterocycles. The van der Waals surface area contributed by atoms with Gasteiger partial charge in [0.15, 0.2) is 23.0 Å². The summed E-state index contributed by atoms with van der Waals surface area (Å²) in [5.41, 5.74) is 1.44. The molecule has 1 fully saturated rings. The Hall–Kier alpha value is -4.25. The second-order valence-electron chi connectivity index (χ2n) is 8.78. The third kappa shape index (κ3) is 8.13. The van der Waals surface area contributed by atoms with Crippen LogP contribution in [0.3, 0.4) is 0 Å². The maximum atomic E-state index is 13.0. The highest BCUT2D eigenvalue weighted by molar-refractivity contribution is 5.82. The number of rotatable bonds is 9. The molecule has 1 heterocycles. The Morgan fingerprint density at radius 3 is 1.74 bits per heavy atom. The molecule has 0 radical (unpaired) electrons. The van der Waals surface area contributed by atoms with Gasteiger partial charge in [0.1, 0.15) is 0 Å². The van der Waals surface area contributed by atoms with Crippen molar-refractivity contribution in [2.24, 2.45) is 0 Å². The number of carbonyl (C=O) groups is 5. The Morgan fingerprint density at radius 1 is 0.737 bits per heavy atom. The molecule has 2 aromatic rings. The van der Waals surface area contributed by atoms with Crippen LogP contribution < -0.4 is 24.3 Å².